The highest BCUT2D eigenvalue weighted by atomic mass is 16.6. The summed E-state index contributed by atoms with van der Waals surface area (Å²) in [5.41, 5.74) is 2.03. The van der Waals surface area contributed by atoms with Gasteiger partial charge in [-0.15, -0.1) is 0 Å². The molecule has 0 spiro atoms. The van der Waals surface area contributed by atoms with Crippen molar-refractivity contribution >= 4 is 23.3 Å². The average molecular weight is 396 g/mol. The smallest absolute Gasteiger partial charge is 0.414 e. The maximum atomic E-state index is 13.3. The molecule has 1 aliphatic rings. The predicted molar refractivity (Wildman–Crippen MR) is 111 cm³/mol. The normalized spacial score (nSPS) is 17.0. The molecule has 1 amide bonds. The number of hydrogen-bond acceptors (Lipinski definition) is 6. The maximum absolute atomic E-state index is 13.3. The topological polar surface area (TPSA) is 77.1 Å². The molecule has 152 valence electrons. The van der Waals surface area contributed by atoms with Gasteiger partial charge in [0.15, 0.2) is 17.3 Å². The molecule has 3 rings (SSSR count). The first kappa shape index (κ1) is 20.3. The van der Waals surface area contributed by atoms with Crippen LogP contribution in [0.2, 0.25) is 0 Å². The van der Waals surface area contributed by atoms with E-state index in [1.165, 1.54) is 19.1 Å². The Bertz CT molecular complexity index is 940. The molecular formula is C22H24N2O5. The lowest BCUT2D eigenvalue weighted by Crippen LogP contribution is -2.46. The number of anilines is 2. The summed E-state index contributed by atoms with van der Waals surface area (Å²) < 4.78 is 15.9. The molecule has 2 aromatic carbocycles. The van der Waals surface area contributed by atoms with Gasteiger partial charge >= 0.3 is 6.09 Å². The van der Waals surface area contributed by atoms with Gasteiger partial charge in [0, 0.05) is 23.5 Å². The summed E-state index contributed by atoms with van der Waals surface area (Å²) in [6.45, 7) is 3.74. The SMILES string of the molecule is CCOC(=O)N1c2cc(OC)c(OC)cc2C(=O)C(=CNc2ccccc2)C1C. The third-order valence-corrected chi connectivity index (χ3v) is 4.74. The van der Waals surface area contributed by atoms with Crippen LogP contribution < -0.4 is 19.7 Å². The van der Waals surface area contributed by atoms with Crippen molar-refractivity contribution in [1.29, 1.82) is 0 Å². The van der Waals surface area contributed by atoms with Crippen molar-refractivity contribution in [3.05, 3.63) is 59.8 Å². The Labute approximate surface area is 169 Å². The molecule has 1 atom stereocenters. The molecule has 2 aromatic rings. The molecule has 0 aliphatic carbocycles. The molecule has 0 aromatic heterocycles. The molecule has 29 heavy (non-hydrogen) atoms. The second-order valence-electron chi connectivity index (χ2n) is 6.41. The fourth-order valence-corrected chi connectivity index (χ4v) is 3.27. The lowest BCUT2D eigenvalue weighted by Gasteiger charge is -2.35. The summed E-state index contributed by atoms with van der Waals surface area (Å²) in [5, 5.41) is 3.13. The molecule has 1 unspecified atom stereocenters. The number of ether oxygens (including phenoxy) is 3. The van der Waals surface area contributed by atoms with E-state index in [-0.39, 0.29) is 12.4 Å². The summed E-state index contributed by atoms with van der Waals surface area (Å²) in [6, 6.07) is 12.1. The van der Waals surface area contributed by atoms with Crippen molar-refractivity contribution in [2.45, 2.75) is 19.9 Å². The first-order valence-corrected chi connectivity index (χ1v) is 9.30. The molecule has 0 bridgehead atoms. The first-order chi connectivity index (χ1) is 14.0. The molecule has 0 radical (unpaired) electrons. The Kier molecular flexibility index (Phi) is 6.07. The van der Waals surface area contributed by atoms with Crippen molar-refractivity contribution in [3.8, 4) is 11.5 Å². The number of nitrogens with one attached hydrogen (secondary N) is 1. The number of carbonyl (C=O) groups excluding carboxylic acids is 2. The fourth-order valence-electron chi connectivity index (χ4n) is 3.27. The van der Waals surface area contributed by atoms with Crippen molar-refractivity contribution in [2.24, 2.45) is 0 Å². The van der Waals surface area contributed by atoms with Gasteiger partial charge in [0.2, 0.25) is 0 Å². The molecule has 0 saturated heterocycles. The highest BCUT2D eigenvalue weighted by molar-refractivity contribution is 6.18. The highest BCUT2D eigenvalue weighted by Crippen LogP contribution is 2.41. The summed E-state index contributed by atoms with van der Waals surface area (Å²) in [6.07, 6.45) is 1.10. The maximum Gasteiger partial charge on any atom is 0.414 e. The van der Waals surface area contributed by atoms with E-state index in [4.69, 9.17) is 14.2 Å². The Morgan fingerprint density at radius 1 is 1.14 bits per heavy atom. The van der Waals surface area contributed by atoms with Gasteiger partial charge in [-0.1, -0.05) is 18.2 Å². The molecule has 0 saturated carbocycles. The van der Waals surface area contributed by atoms with Gasteiger partial charge in [0.05, 0.1) is 38.1 Å². The van der Waals surface area contributed by atoms with Crippen LogP contribution in [0.3, 0.4) is 0 Å². The van der Waals surface area contributed by atoms with Crippen LogP contribution in [0.15, 0.2) is 54.2 Å². The highest BCUT2D eigenvalue weighted by Gasteiger charge is 2.38. The fraction of sp³-hybridized carbons (Fsp3) is 0.273. The number of carbonyl (C=O) groups is 2. The molecule has 1 aliphatic heterocycles. The Hall–Kier alpha value is -3.48. The largest absolute Gasteiger partial charge is 0.493 e. The van der Waals surface area contributed by atoms with Crippen molar-refractivity contribution < 1.29 is 23.8 Å². The second kappa shape index (κ2) is 8.68. The van der Waals surface area contributed by atoms with E-state index < -0.39 is 12.1 Å². The summed E-state index contributed by atoms with van der Waals surface area (Å²) >= 11 is 0. The molecule has 7 heteroatoms. The van der Waals surface area contributed by atoms with Gasteiger partial charge in [-0.3, -0.25) is 9.69 Å². The van der Waals surface area contributed by atoms with Crippen molar-refractivity contribution in [3.63, 3.8) is 0 Å². The van der Waals surface area contributed by atoms with E-state index >= 15 is 0 Å². The number of amides is 1. The number of para-hydroxylation sites is 1. The average Bonchev–Trinajstić information content (AvgIpc) is 2.73. The van der Waals surface area contributed by atoms with Gasteiger partial charge in [-0.05, 0) is 32.0 Å². The molecule has 1 N–H and O–H groups in total. The number of methoxy groups -OCH3 is 2. The Morgan fingerprint density at radius 3 is 2.41 bits per heavy atom. The van der Waals surface area contributed by atoms with Crippen LogP contribution in [-0.4, -0.2) is 38.7 Å². The number of rotatable bonds is 5. The predicted octanol–water partition coefficient (Wildman–Crippen LogP) is 4.25. The van der Waals surface area contributed by atoms with Crippen LogP contribution in [0.5, 0.6) is 11.5 Å². The minimum Gasteiger partial charge on any atom is -0.493 e. The number of hydrogen-bond donors (Lipinski definition) is 1. The standard InChI is InChI=1S/C22H24N2O5/c1-5-29-22(26)24-14(2)17(13-23-15-9-7-6-8-10-15)21(25)16-11-19(27-3)20(28-4)12-18(16)24/h6-14,23H,5H2,1-4H3. The van der Waals surface area contributed by atoms with Crippen LogP contribution >= 0.6 is 0 Å². The zero-order valence-corrected chi connectivity index (χ0v) is 16.9. The van der Waals surface area contributed by atoms with Gasteiger partial charge in [0.1, 0.15) is 0 Å². The van der Waals surface area contributed by atoms with Crippen molar-refractivity contribution in [2.75, 3.05) is 31.0 Å². The van der Waals surface area contributed by atoms with E-state index in [0.29, 0.717) is 28.3 Å². The number of nitrogens with zero attached hydrogens (tertiary/aromatic N) is 1. The van der Waals surface area contributed by atoms with Crippen LogP contribution in [0.4, 0.5) is 16.2 Å². The van der Waals surface area contributed by atoms with E-state index in [1.807, 2.05) is 30.3 Å². The third kappa shape index (κ3) is 3.89. The number of fused-ring (bicyclic) bond motifs is 1. The number of benzene rings is 2. The molecular weight excluding hydrogens is 372 g/mol. The van der Waals surface area contributed by atoms with Crippen LogP contribution in [-0.2, 0) is 4.74 Å². The summed E-state index contributed by atoms with van der Waals surface area (Å²) in [5.74, 6) is 0.640. The zero-order valence-electron chi connectivity index (χ0n) is 16.9. The first-order valence-electron chi connectivity index (χ1n) is 9.30. The zero-order chi connectivity index (χ0) is 21.0. The van der Waals surface area contributed by atoms with E-state index in [1.54, 1.807) is 32.2 Å². The minimum absolute atomic E-state index is 0.197. The molecule has 0 fully saturated rings. The van der Waals surface area contributed by atoms with Gasteiger partial charge < -0.3 is 19.5 Å². The number of Topliss-reactive ketones (excluding diaryl/α,β-unsaturated/α-hetero) is 1. The molecule has 1 heterocycles. The second-order valence-corrected chi connectivity index (χ2v) is 6.41. The van der Waals surface area contributed by atoms with Gasteiger partial charge in [-0.25, -0.2) is 4.79 Å². The van der Waals surface area contributed by atoms with E-state index in [0.717, 1.165) is 5.69 Å². The van der Waals surface area contributed by atoms with Gasteiger partial charge in [0.25, 0.3) is 0 Å². The van der Waals surface area contributed by atoms with Crippen LogP contribution in [0, 0.1) is 0 Å². The van der Waals surface area contributed by atoms with E-state index in [9.17, 15) is 9.59 Å². The monoisotopic (exact) mass is 396 g/mol. The van der Waals surface area contributed by atoms with Crippen LogP contribution in [0.1, 0.15) is 24.2 Å². The van der Waals surface area contributed by atoms with E-state index in [2.05, 4.69) is 5.32 Å². The minimum atomic E-state index is -0.539. The quantitative estimate of drug-likeness (QED) is 0.762. The van der Waals surface area contributed by atoms with Gasteiger partial charge in [-0.2, -0.15) is 0 Å². The van der Waals surface area contributed by atoms with Crippen molar-refractivity contribution in [1.82, 2.24) is 0 Å². The lowest BCUT2D eigenvalue weighted by atomic mass is 9.90. The summed E-state index contributed by atoms with van der Waals surface area (Å²) in [4.78, 5) is 27.4. The Morgan fingerprint density at radius 2 is 1.79 bits per heavy atom. The summed E-state index contributed by atoms with van der Waals surface area (Å²) in [7, 11) is 3.00. The Balaban J connectivity index is 2.10. The van der Waals surface area contributed by atoms with Crippen LogP contribution in [0.25, 0.3) is 0 Å². The lowest BCUT2D eigenvalue weighted by molar-refractivity contribution is 0.102. The number of ketones is 1. The third-order valence-electron chi connectivity index (χ3n) is 4.74. The molecule has 7 nitrogen and oxygen atoms in total.